The lowest BCUT2D eigenvalue weighted by molar-refractivity contribution is -0.127. The van der Waals surface area contributed by atoms with Crippen molar-refractivity contribution >= 4 is 23.4 Å². The summed E-state index contributed by atoms with van der Waals surface area (Å²) in [6, 6.07) is 21.5. The molecule has 0 fully saturated rings. The zero-order valence-electron chi connectivity index (χ0n) is 19.5. The number of carbonyl (C=O) groups excluding carboxylic acids is 2. The molecule has 0 spiro atoms. The lowest BCUT2D eigenvalue weighted by Crippen LogP contribution is -2.45. The predicted molar refractivity (Wildman–Crippen MR) is 145 cm³/mol. The van der Waals surface area contributed by atoms with Crippen molar-refractivity contribution in [3.8, 4) is 22.8 Å². The summed E-state index contributed by atoms with van der Waals surface area (Å²) in [5, 5.41) is 7.97. The summed E-state index contributed by atoms with van der Waals surface area (Å²) < 4.78 is 7.66. The van der Waals surface area contributed by atoms with E-state index >= 15 is 0 Å². The maximum Gasteiger partial charge on any atom is 0.240 e. The number of halogens is 1. The Hall–Kier alpha value is -4.17. The van der Waals surface area contributed by atoms with Crippen molar-refractivity contribution in [2.24, 2.45) is 5.73 Å². The first-order chi connectivity index (χ1) is 17.5. The van der Waals surface area contributed by atoms with Gasteiger partial charge in [-0.3, -0.25) is 14.6 Å². The average molecular weight is 520 g/mol. The topological polar surface area (TPSA) is 112 Å². The summed E-state index contributed by atoms with van der Waals surface area (Å²) in [6.07, 6.45) is 4.38. The van der Waals surface area contributed by atoms with Crippen LogP contribution in [0.1, 0.15) is 25.8 Å². The second-order valence-electron chi connectivity index (χ2n) is 8.17. The molecule has 0 aliphatic heterocycles. The number of ether oxygens (including phenoxy) is 1. The van der Waals surface area contributed by atoms with E-state index in [2.05, 4.69) is 15.4 Å². The van der Waals surface area contributed by atoms with Crippen LogP contribution in [0.4, 0.5) is 0 Å². The standard InChI is InChI=1S/C27H26ClN5O3.CH4/c28-21-10-4-11-22(16-21)33-26(17-23(32-33)20-9-5-13-30-18-20)36-14-6-12-25(34)31-24(27(29)35)15-19-7-2-1-3-8-19;/h1-5,7-11,13,16-18,24H,6,12,14-15H2,(H2,29,35)(H,31,34);1H4/t24-;/m0./s1. The van der Waals surface area contributed by atoms with Crippen LogP contribution in [0.15, 0.2) is 85.2 Å². The molecule has 2 heterocycles. The van der Waals surface area contributed by atoms with Gasteiger partial charge in [0.05, 0.1) is 18.0 Å². The number of nitrogens with zero attached hydrogens (tertiary/aromatic N) is 3. The highest BCUT2D eigenvalue weighted by atomic mass is 35.5. The molecule has 3 N–H and O–H groups in total. The van der Waals surface area contributed by atoms with Crippen LogP contribution in [0.25, 0.3) is 16.9 Å². The number of hydrogen-bond acceptors (Lipinski definition) is 5. The number of amides is 2. The molecule has 4 rings (SSSR count). The smallest absolute Gasteiger partial charge is 0.240 e. The molecule has 2 amide bonds. The van der Waals surface area contributed by atoms with Crippen molar-refractivity contribution < 1.29 is 14.3 Å². The number of nitrogens with one attached hydrogen (secondary N) is 1. The van der Waals surface area contributed by atoms with Gasteiger partial charge in [-0.2, -0.15) is 5.10 Å². The van der Waals surface area contributed by atoms with Crippen LogP contribution >= 0.6 is 11.6 Å². The molecule has 0 radical (unpaired) electrons. The first-order valence-corrected chi connectivity index (χ1v) is 11.9. The summed E-state index contributed by atoms with van der Waals surface area (Å²) in [5.41, 5.74) is 8.70. The fourth-order valence-electron chi connectivity index (χ4n) is 3.66. The number of carbonyl (C=O) groups is 2. The monoisotopic (exact) mass is 519 g/mol. The number of nitrogens with two attached hydrogens (primary N) is 1. The Morgan fingerprint density at radius 2 is 1.86 bits per heavy atom. The molecule has 1 atom stereocenters. The van der Waals surface area contributed by atoms with Crippen LogP contribution in [0.5, 0.6) is 5.88 Å². The summed E-state index contributed by atoms with van der Waals surface area (Å²) in [4.78, 5) is 28.4. The molecule has 0 aliphatic carbocycles. The summed E-state index contributed by atoms with van der Waals surface area (Å²) in [7, 11) is 0. The van der Waals surface area contributed by atoms with Crippen LogP contribution in [-0.2, 0) is 16.0 Å². The Kier molecular flexibility index (Phi) is 9.80. The normalized spacial score (nSPS) is 11.3. The fourth-order valence-corrected chi connectivity index (χ4v) is 3.85. The molecule has 8 nitrogen and oxygen atoms in total. The molecule has 2 aromatic carbocycles. The first kappa shape index (κ1) is 27.4. The summed E-state index contributed by atoms with van der Waals surface area (Å²) in [6.45, 7) is 0.270. The quantitative estimate of drug-likeness (QED) is 0.281. The van der Waals surface area contributed by atoms with Crippen molar-refractivity contribution in [3.63, 3.8) is 0 Å². The van der Waals surface area contributed by atoms with E-state index in [0.29, 0.717) is 29.4 Å². The van der Waals surface area contributed by atoms with Crippen molar-refractivity contribution in [3.05, 3.63) is 95.8 Å². The van der Waals surface area contributed by atoms with Gasteiger partial charge >= 0.3 is 0 Å². The molecular weight excluding hydrogens is 490 g/mol. The Morgan fingerprint density at radius 3 is 2.57 bits per heavy atom. The van der Waals surface area contributed by atoms with E-state index < -0.39 is 11.9 Å². The van der Waals surface area contributed by atoms with Crippen LogP contribution in [0.2, 0.25) is 5.02 Å². The number of hydrogen-bond donors (Lipinski definition) is 2. The van der Waals surface area contributed by atoms with Crippen molar-refractivity contribution in [1.82, 2.24) is 20.1 Å². The molecule has 0 saturated heterocycles. The van der Waals surface area contributed by atoms with E-state index in [1.165, 1.54) is 0 Å². The third-order valence-electron chi connectivity index (χ3n) is 5.45. The molecule has 37 heavy (non-hydrogen) atoms. The van der Waals surface area contributed by atoms with Gasteiger partial charge in [0, 0.05) is 41.9 Å². The molecule has 0 aliphatic rings. The number of primary amides is 1. The van der Waals surface area contributed by atoms with Gasteiger partial charge in [0.15, 0.2) is 0 Å². The SMILES string of the molecule is C.NC(=O)[C@H](Cc1ccccc1)NC(=O)CCCOc1cc(-c2cccnc2)nn1-c1cccc(Cl)c1. The maximum atomic E-state index is 12.5. The van der Waals surface area contributed by atoms with Crippen LogP contribution in [-0.4, -0.2) is 39.2 Å². The van der Waals surface area contributed by atoms with E-state index in [-0.39, 0.29) is 26.4 Å². The second kappa shape index (κ2) is 13.2. The molecule has 0 bridgehead atoms. The zero-order valence-corrected chi connectivity index (χ0v) is 20.3. The van der Waals surface area contributed by atoms with E-state index in [0.717, 1.165) is 16.8 Å². The molecule has 2 aromatic heterocycles. The van der Waals surface area contributed by atoms with Crippen LogP contribution in [0.3, 0.4) is 0 Å². The third-order valence-corrected chi connectivity index (χ3v) is 5.68. The van der Waals surface area contributed by atoms with Crippen LogP contribution < -0.4 is 15.8 Å². The number of benzene rings is 2. The first-order valence-electron chi connectivity index (χ1n) is 11.5. The Labute approximate surface area is 221 Å². The third kappa shape index (κ3) is 7.65. The number of aromatic nitrogens is 3. The maximum absolute atomic E-state index is 12.5. The van der Waals surface area contributed by atoms with Gasteiger partial charge in [0.1, 0.15) is 6.04 Å². The predicted octanol–water partition coefficient (Wildman–Crippen LogP) is 4.60. The molecule has 0 unspecified atom stereocenters. The number of rotatable bonds is 11. The van der Waals surface area contributed by atoms with E-state index in [4.69, 9.17) is 22.1 Å². The summed E-state index contributed by atoms with van der Waals surface area (Å²) in [5.74, 6) is -0.329. The lowest BCUT2D eigenvalue weighted by atomic mass is 10.1. The van der Waals surface area contributed by atoms with Gasteiger partial charge in [-0.05, 0) is 42.3 Å². The van der Waals surface area contributed by atoms with Gasteiger partial charge in [-0.25, -0.2) is 4.68 Å². The lowest BCUT2D eigenvalue weighted by Gasteiger charge is -2.15. The molecule has 0 saturated carbocycles. The molecular formula is C28H30ClN5O3. The van der Waals surface area contributed by atoms with E-state index in [1.54, 1.807) is 29.2 Å². The van der Waals surface area contributed by atoms with Crippen molar-refractivity contribution in [2.75, 3.05) is 6.61 Å². The van der Waals surface area contributed by atoms with E-state index in [9.17, 15) is 9.59 Å². The van der Waals surface area contributed by atoms with Crippen LogP contribution in [0, 0.1) is 0 Å². The minimum absolute atomic E-state index is 0. The Morgan fingerprint density at radius 1 is 1.05 bits per heavy atom. The van der Waals surface area contributed by atoms with Gasteiger partial charge in [-0.15, -0.1) is 0 Å². The van der Waals surface area contributed by atoms with E-state index in [1.807, 2.05) is 60.7 Å². The van der Waals surface area contributed by atoms with Gasteiger partial charge in [0.2, 0.25) is 17.7 Å². The Bertz CT molecular complexity index is 1310. The minimum Gasteiger partial charge on any atom is -0.478 e. The largest absolute Gasteiger partial charge is 0.478 e. The van der Waals surface area contributed by atoms with Gasteiger partial charge < -0.3 is 15.8 Å². The average Bonchev–Trinajstić information content (AvgIpc) is 3.32. The summed E-state index contributed by atoms with van der Waals surface area (Å²) >= 11 is 6.18. The highest BCUT2D eigenvalue weighted by Gasteiger charge is 2.19. The van der Waals surface area contributed by atoms with Crippen molar-refractivity contribution in [1.29, 1.82) is 0 Å². The zero-order chi connectivity index (χ0) is 25.3. The minimum atomic E-state index is -0.771. The highest BCUT2D eigenvalue weighted by Crippen LogP contribution is 2.27. The van der Waals surface area contributed by atoms with Crippen molar-refractivity contribution in [2.45, 2.75) is 32.7 Å². The molecule has 4 aromatic rings. The Balaban J connectivity index is 0.00000380. The van der Waals surface area contributed by atoms with Gasteiger partial charge in [0.25, 0.3) is 0 Å². The molecule has 9 heteroatoms. The van der Waals surface area contributed by atoms with Gasteiger partial charge in [-0.1, -0.05) is 55.4 Å². The molecule has 192 valence electrons. The number of pyridine rings is 1. The second-order valence-corrected chi connectivity index (χ2v) is 8.60. The highest BCUT2D eigenvalue weighted by molar-refractivity contribution is 6.30. The fraction of sp³-hybridized carbons (Fsp3) is 0.214.